The van der Waals surface area contributed by atoms with Crippen molar-refractivity contribution in [2.24, 2.45) is 0 Å². The highest BCUT2D eigenvalue weighted by Gasteiger charge is 2.17. The number of rotatable bonds is 14. The van der Waals surface area contributed by atoms with E-state index in [1.54, 1.807) is 0 Å². The molecule has 0 radical (unpaired) electrons. The maximum absolute atomic E-state index is 11.8. The molecular weight excluding hydrogens is 516 g/mol. The molecule has 14 nitrogen and oxygen atoms in total. The van der Waals surface area contributed by atoms with E-state index in [2.05, 4.69) is 58.4 Å². The summed E-state index contributed by atoms with van der Waals surface area (Å²) in [5.41, 5.74) is -1.06. The van der Waals surface area contributed by atoms with Crippen LogP contribution in [-0.4, -0.2) is 121 Å². The normalized spacial score (nSPS) is 14.8. The second kappa shape index (κ2) is 16.2. The van der Waals surface area contributed by atoms with Crippen LogP contribution in [0.25, 0.3) is 0 Å². The van der Waals surface area contributed by atoms with Crippen molar-refractivity contribution < 1.29 is 19.1 Å². The van der Waals surface area contributed by atoms with Crippen molar-refractivity contribution in [2.75, 3.05) is 88.4 Å². The molecule has 1 saturated heterocycles. The van der Waals surface area contributed by atoms with E-state index in [0.717, 1.165) is 32.7 Å². The lowest BCUT2D eigenvalue weighted by atomic mass is 10.2. The minimum atomic E-state index is -0.532. The molecule has 14 heteroatoms. The quantitative estimate of drug-likeness (QED) is 0.209. The van der Waals surface area contributed by atoms with Gasteiger partial charge in [-0.2, -0.15) is 15.0 Å². The van der Waals surface area contributed by atoms with Gasteiger partial charge in [0.2, 0.25) is 17.8 Å². The molecule has 0 bridgehead atoms. The van der Waals surface area contributed by atoms with Crippen LogP contribution in [-0.2, 0) is 9.47 Å². The number of likely N-dealkylation sites (N-methyl/N-ethyl adjacent to an activating group) is 1. The number of nitrogens with zero attached hydrogens (tertiary/aromatic N) is 5. The molecule has 5 N–H and O–H groups in total. The van der Waals surface area contributed by atoms with Gasteiger partial charge in [0, 0.05) is 65.4 Å². The fourth-order valence-corrected chi connectivity index (χ4v) is 3.60. The summed E-state index contributed by atoms with van der Waals surface area (Å²) >= 11 is 0. The van der Waals surface area contributed by atoms with Crippen molar-refractivity contribution in [3.8, 4) is 0 Å². The van der Waals surface area contributed by atoms with Gasteiger partial charge in [-0.3, -0.25) is 4.90 Å². The van der Waals surface area contributed by atoms with Crippen molar-refractivity contribution >= 4 is 30.0 Å². The summed E-state index contributed by atoms with van der Waals surface area (Å²) in [7, 11) is 2.14. The van der Waals surface area contributed by atoms with E-state index in [1.165, 1.54) is 0 Å². The largest absolute Gasteiger partial charge is 0.444 e. The van der Waals surface area contributed by atoms with Crippen molar-refractivity contribution in [3.05, 3.63) is 0 Å². The van der Waals surface area contributed by atoms with Crippen LogP contribution in [0.2, 0.25) is 0 Å². The molecule has 40 heavy (non-hydrogen) atoms. The second-order valence-corrected chi connectivity index (χ2v) is 11.8. The molecular formula is C26H50N10O4. The van der Waals surface area contributed by atoms with Crippen LogP contribution in [0.1, 0.15) is 54.4 Å². The summed E-state index contributed by atoms with van der Waals surface area (Å²) in [5, 5.41) is 15.2. The molecule has 1 aromatic rings. The summed E-state index contributed by atoms with van der Waals surface area (Å²) in [5.74, 6) is 1.35. The van der Waals surface area contributed by atoms with Gasteiger partial charge < -0.3 is 41.0 Å². The molecule has 2 rings (SSSR count). The van der Waals surface area contributed by atoms with Crippen LogP contribution >= 0.6 is 0 Å². The molecule has 0 saturated carbocycles. The molecule has 0 unspecified atom stereocenters. The monoisotopic (exact) mass is 566 g/mol. The fraction of sp³-hybridized carbons (Fsp3) is 0.808. The number of alkyl carbamates (subject to hydrolysis) is 2. The first-order valence-electron chi connectivity index (χ1n) is 14.1. The van der Waals surface area contributed by atoms with Gasteiger partial charge in [-0.1, -0.05) is 0 Å². The summed E-state index contributed by atoms with van der Waals surface area (Å²) in [6.45, 7) is 18.8. The Kier molecular flexibility index (Phi) is 13.4. The van der Waals surface area contributed by atoms with Crippen LogP contribution in [0.4, 0.5) is 27.4 Å². The van der Waals surface area contributed by atoms with Gasteiger partial charge in [0.05, 0.1) is 0 Å². The molecule has 0 atom stereocenters. The third kappa shape index (κ3) is 15.5. The minimum Gasteiger partial charge on any atom is -0.444 e. The Morgan fingerprint density at radius 3 is 1.48 bits per heavy atom. The van der Waals surface area contributed by atoms with Crippen LogP contribution in [0.15, 0.2) is 0 Å². The van der Waals surface area contributed by atoms with E-state index >= 15 is 0 Å². The highest BCUT2D eigenvalue weighted by Crippen LogP contribution is 2.11. The topological polar surface area (TPSA) is 158 Å². The highest BCUT2D eigenvalue weighted by atomic mass is 16.6. The number of nitrogens with one attached hydrogen (secondary N) is 5. The van der Waals surface area contributed by atoms with Crippen LogP contribution in [0.3, 0.4) is 0 Å². The Labute approximate surface area is 238 Å². The van der Waals surface area contributed by atoms with Crippen LogP contribution in [0.5, 0.6) is 0 Å². The number of carbonyl (C=O) groups excluding carboxylic acids is 2. The number of ether oxygens (including phenoxy) is 2. The van der Waals surface area contributed by atoms with E-state index < -0.39 is 23.4 Å². The Bertz CT molecular complexity index is 855. The first-order chi connectivity index (χ1) is 18.8. The molecule has 2 heterocycles. The molecule has 228 valence electrons. The predicted molar refractivity (Wildman–Crippen MR) is 157 cm³/mol. The number of hydrogen-bond acceptors (Lipinski definition) is 12. The third-order valence-electron chi connectivity index (χ3n) is 5.55. The minimum absolute atomic E-state index is 0.434. The average molecular weight is 567 g/mol. The highest BCUT2D eigenvalue weighted by molar-refractivity contribution is 5.67. The Balaban J connectivity index is 1.84. The van der Waals surface area contributed by atoms with Crippen molar-refractivity contribution in [1.29, 1.82) is 0 Å². The van der Waals surface area contributed by atoms with E-state index in [1.807, 2.05) is 41.5 Å². The van der Waals surface area contributed by atoms with Crippen molar-refractivity contribution in [2.45, 2.75) is 65.6 Å². The van der Waals surface area contributed by atoms with Crippen molar-refractivity contribution in [1.82, 2.24) is 35.4 Å². The molecule has 1 aliphatic rings. The molecule has 1 fully saturated rings. The number of carbonyl (C=O) groups is 2. The Morgan fingerprint density at radius 1 is 0.675 bits per heavy atom. The number of aromatic nitrogens is 3. The summed E-state index contributed by atoms with van der Waals surface area (Å²) in [6.07, 6.45) is 0.450. The van der Waals surface area contributed by atoms with Crippen LogP contribution in [0, 0.1) is 0 Å². The summed E-state index contributed by atoms with van der Waals surface area (Å²) < 4.78 is 10.5. The lowest BCUT2D eigenvalue weighted by Gasteiger charge is -2.32. The maximum atomic E-state index is 11.8. The van der Waals surface area contributed by atoms with E-state index in [-0.39, 0.29) is 0 Å². The zero-order chi connectivity index (χ0) is 29.6. The molecule has 0 aromatic carbocycles. The molecule has 1 aromatic heterocycles. The fourth-order valence-electron chi connectivity index (χ4n) is 3.60. The number of anilines is 3. The zero-order valence-corrected chi connectivity index (χ0v) is 25.4. The van der Waals surface area contributed by atoms with Gasteiger partial charge in [0.15, 0.2) is 0 Å². The first kappa shape index (κ1) is 33.1. The van der Waals surface area contributed by atoms with Crippen LogP contribution < -0.4 is 26.6 Å². The number of piperazine rings is 1. The second-order valence-electron chi connectivity index (χ2n) is 11.8. The lowest BCUT2D eigenvalue weighted by Crippen LogP contribution is -2.45. The Morgan fingerprint density at radius 2 is 1.07 bits per heavy atom. The Hall–Kier alpha value is -3.13. The van der Waals surface area contributed by atoms with Gasteiger partial charge in [-0.05, 0) is 61.4 Å². The average Bonchev–Trinajstić information content (AvgIpc) is 2.82. The van der Waals surface area contributed by atoms with E-state index in [0.29, 0.717) is 63.4 Å². The lowest BCUT2D eigenvalue weighted by molar-refractivity contribution is 0.0516. The van der Waals surface area contributed by atoms with Gasteiger partial charge in [0.25, 0.3) is 0 Å². The van der Waals surface area contributed by atoms with Gasteiger partial charge in [-0.15, -0.1) is 0 Å². The zero-order valence-electron chi connectivity index (χ0n) is 25.4. The smallest absolute Gasteiger partial charge is 0.407 e. The van der Waals surface area contributed by atoms with Gasteiger partial charge in [-0.25, -0.2) is 9.59 Å². The standard InChI is InChI=1S/C26H50N10O4/c1-25(2,3)39-23(37)30-12-8-10-27-20-32-21(28-11-9-13-31-24(38)40-26(4,5)6)34-22(33-20)29-14-15-36-18-16-35(7)17-19-36/h8-19H2,1-7H3,(H,30,37)(H,31,38)(H3,27,28,29,32,33,34). The van der Waals surface area contributed by atoms with Gasteiger partial charge in [0.1, 0.15) is 11.2 Å². The maximum Gasteiger partial charge on any atom is 0.407 e. The number of hydrogen-bond donors (Lipinski definition) is 5. The number of amides is 2. The van der Waals surface area contributed by atoms with E-state index in [9.17, 15) is 9.59 Å². The first-order valence-corrected chi connectivity index (χ1v) is 14.1. The SMILES string of the molecule is CN1CCN(CCNc2nc(NCCCNC(=O)OC(C)(C)C)nc(NCCCNC(=O)OC(C)(C)C)n2)CC1. The summed E-state index contributed by atoms with van der Waals surface area (Å²) in [6, 6.07) is 0. The summed E-state index contributed by atoms with van der Waals surface area (Å²) in [4.78, 5) is 41.9. The predicted octanol–water partition coefficient (Wildman–Crippen LogP) is 2.18. The molecule has 2 amide bonds. The van der Waals surface area contributed by atoms with E-state index in [4.69, 9.17) is 9.47 Å². The van der Waals surface area contributed by atoms with Gasteiger partial charge >= 0.3 is 12.2 Å². The molecule has 0 aliphatic carbocycles. The molecule has 0 spiro atoms. The van der Waals surface area contributed by atoms with Crippen molar-refractivity contribution in [3.63, 3.8) is 0 Å². The molecule has 1 aliphatic heterocycles. The third-order valence-corrected chi connectivity index (χ3v) is 5.55.